The zero-order valence-electron chi connectivity index (χ0n) is 8.80. The SMILES string of the molecule is CCOC(=O)C=Cc1ccc(O)c(C#N)c1. The Bertz CT molecular complexity index is 458. The molecule has 0 aliphatic carbocycles. The first-order chi connectivity index (χ1) is 7.67. The average molecular weight is 217 g/mol. The molecule has 82 valence electrons. The van der Waals surface area contributed by atoms with Crippen molar-refractivity contribution in [3.8, 4) is 11.8 Å². The molecule has 0 amide bonds. The third-order valence-electron chi connectivity index (χ3n) is 1.84. The van der Waals surface area contributed by atoms with Gasteiger partial charge < -0.3 is 9.84 Å². The number of rotatable bonds is 3. The molecular formula is C12H11NO3. The van der Waals surface area contributed by atoms with Crippen molar-refractivity contribution < 1.29 is 14.6 Å². The van der Waals surface area contributed by atoms with Crippen LogP contribution in [-0.2, 0) is 9.53 Å². The van der Waals surface area contributed by atoms with Gasteiger partial charge in [-0.25, -0.2) is 4.79 Å². The van der Waals surface area contributed by atoms with E-state index in [1.54, 1.807) is 13.0 Å². The lowest BCUT2D eigenvalue weighted by Crippen LogP contribution is -1.98. The van der Waals surface area contributed by atoms with Crippen LogP contribution in [0.1, 0.15) is 18.1 Å². The van der Waals surface area contributed by atoms with E-state index < -0.39 is 5.97 Å². The molecule has 0 unspecified atom stereocenters. The minimum absolute atomic E-state index is 0.0733. The monoisotopic (exact) mass is 217 g/mol. The highest BCUT2D eigenvalue weighted by atomic mass is 16.5. The summed E-state index contributed by atoms with van der Waals surface area (Å²) < 4.78 is 4.70. The molecule has 0 aromatic heterocycles. The van der Waals surface area contributed by atoms with Crippen LogP contribution in [-0.4, -0.2) is 17.7 Å². The lowest BCUT2D eigenvalue weighted by Gasteiger charge is -1.98. The highest BCUT2D eigenvalue weighted by Crippen LogP contribution is 2.17. The summed E-state index contributed by atoms with van der Waals surface area (Å²) in [7, 11) is 0. The number of carbonyl (C=O) groups excluding carboxylic acids is 1. The maximum absolute atomic E-state index is 11.0. The van der Waals surface area contributed by atoms with Crippen molar-refractivity contribution in [1.82, 2.24) is 0 Å². The predicted octanol–water partition coefficient (Wildman–Crippen LogP) is 1.84. The molecule has 0 aliphatic heterocycles. The lowest BCUT2D eigenvalue weighted by atomic mass is 10.1. The topological polar surface area (TPSA) is 70.3 Å². The Morgan fingerprint density at radius 1 is 1.62 bits per heavy atom. The average Bonchev–Trinajstić information content (AvgIpc) is 2.28. The number of nitriles is 1. The highest BCUT2D eigenvalue weighted by Gasteiger charge is 2.00. The van der Waals surface area contributed by atoms with E-state index in [1.165, 1.54) is 24.3 Å². The fourth-order valence-corrected chi connectivity index (χ4v) is 1.10. The number of nitrogens with zero attached hydrogens (tertiary/aromatic N) is 1. The molecule has 1 aromatic carbocycles. The number of hydrogen-bond donors (Lipinski definition) is 1. The van der Waals surface area contributed by atoms with Crippen molar-refractivity contribution in [3.63, 3.8) is 0 Å². The van der Waals surface area contributed by atoms with Crippen LogP contribution >= 0.6 is 0 Å². The van der Waals surface area contributed by atoms with E-state index in [0.717, 1.165) is 0 Å². The van der Waals surface area contributed by atoms with Gasteiger partial charge in [0.15, 0.2) is 0 Å². The number of hydrogen-bond acceptors (Lipinski definition) is 4. The molecule has 0 atom stereocenters. The van der Waals surface area contributed by atoms with Crippen LogP contribution < -0.4 is 0 Å². The molecule has 0 bridgehead atoms. The van der Waals surface area contributed by atoms with E-state index in [0.29, 0.717) is 12.2 Å². The molecule has 1 N–H and O–H groups in total. The van der Waals surface area contributed by atoms with Crippen LogP contribution in [0.5, 0.6) is 5.75 Å². The number of phenolic OH excluding ortho intramolecular Hbond substituents is 1. The molecule has 0 fully saturated rings. The smallest absolute Gasteiger partial charge is 0.330 e. The zero-order valence-corrected chi connectivity index (χ0v) is 8.80. The van der Waals surface area contributed by atoms with Crippen LogP contribution in [0, 0.1) is 11.3 Å². The van der Waals surface area contributed by atoms with Gasteiger partial charge in [-0.15, -0.1) is 0 Å². The molecule has 1 rings (SSSR count). The Morgan fingerprint density at radius 2 is 2.38 bits per heavy atom. The number of esters is 1. The third-order valence-corrected chi connectivity index (χ3v) is 1.84. The molecule has 4 nitrogen and oxygen atoms in total. The van der Waals surface area contributed by atoms with Crippen LogP contribution in [0.4, 0.5) is 0 Å². The summed E-state index contributed by atoms with van der Waals surface area (Å²) in [5.41, 5.74) is 0.827. The van der Waals surface area contributed by atoms with Gasteiger partial charge in [-0.05, 0) is 30.7 Å². The van der Waals surface area contributed by atoms with Crippen molar-refractivity contribution in [3.05, 3.63) is 35.4 Å². The number of ether oxygens (including phenoxy) is 1. The predicted molar refractivity (Wildman–Crippen MR) is 58.5 cm³/mol. The van der Waals surface area contributed by atoms with Crippen LogP contribution in [0.2, 0.25) is 0 Å². The maximum atomic E-state index is 11.0. The first kappa shape index (κ1) is 11.8. The van der Waals surface area contributed by atoms with E-state index in [1.807, 2.05) is 6.07 Å². The Hall–Kier alpha value is -2.28. The van der Waals surface area contributed by atoms with E-state index in [2.05, 4.69) is 0 Å². The fraction of sp³-hybridized carbons (Fsp3) is 0.167. The molecule has 0 saturated carbocycles. The summed E-state index contributed by atoms with van der Waals surface area (Å²) in [6, 6.07) is 6.35. The quantitative estimate of drug-likeness (QED) is 0.619. The van der Waals surface area contributed by atoms with Crippen molar-refractivity contribution in [2.75, 3.05) is 6.61 Å². The van der Waals surface area contributed by atoms with Gasteiger partial charge in [0, 0.05) is 6.08 Å². The van der Waals surface area contributed by atoms with Gasteiger partial charge >= 0.3 is 5.97 Å². The molecule has 0 aliphatic rings. The Morgan fingerprint density at radius 3 is 3.00 bits per heavy atom. The summed E-state index contributed by atoms with van der Waals surface area (Å²) >= 11 is 0. The standard InChI is InChI=1S/C12H11NO3/c1-2-16-12(15)6-4-9-3-5-11(14)10(7-9)8-13/h3-7,14H,2H2,1H3. The fourth-order valence-electron chi connectivity index (χ4n) is 1.10. The molecule has 0 spiro atoms. The van der Waals surface area contributed by atoms with Crippen LogP contribution in [0.15, 0.2) is 24.3 Å². The minimum atomic E-state index is -0.436. The van der Waals surface area contributed by atoms with Crippen LogP contribution in [0.3, 0.4) is 0 Å². The summed E-state index contributed by atoms with van der Waals surface area (Å²) in [6.07, 6.45) is 2.80. The zero-order chi connectivity index (χ0) is 12.0. The van der Waals surface area contributed by atoms with E-state index in [9.17, 15) is 9.90 Å². The van der Waals surface area contributed by atoms with Crippen molar-refractivity contribution in [2.24, 2.45) is 0 Å². The number of carbonyl (C=O) groups is 1. The maximum Gasteiger partial charge on any atom is 0.330 e. The van der Waals surface area contributed by atoms with Gasteiger partial charge in [0.25, 0.3) is 0 Å². The lowest BCUT2D eigenvalue weighted by molar-refractivity contribution is -0.137. The normalized spacial score (nSPS) is 10.0. The summed E-state index contributed by atoms with van der Waals surface area (Å²) in [5, 5.41) is 17.9. The first-order valence-corrected chi connectivity index (χ1v) is 4.75. The van der Waals surface area contributed by atoms with Gasteiger partial charge in [-0.2, -0.15) is 5.26 Å². The molecule has 0 radical (unpaired) electrons. The van der Waals surface area contributed by atoms with Gasteiger partial charge in [-0.3, -0.25) is 0 Å². The van der Waals surface area contributed by atoms with Gasteiger partial charge in [-0.1, -0.05) is 6.07 Å². The number of aromatic hydroxyl groups is 1. The minimum Gasteiger partial charge on any atom is -0.507 e. The Balaban J connectivity index is 2.83. The number of phenols is 1. The second-order valence-electron chi connectivity index (χ2n) is 2.97. The van der Waals surface area contributed by atoms with E-state index >= 15 is 0 Å². The van der Waals surface area contributed by atoms with E-state index in [-0.39, 0.29) is 11.3 Å². The first-order valence-electron chi connectivity index (χ1n) is 4.75. The van der Waals surface area contributed by atoms with Crippen molar-refractivity contribution in [2.45, 2.75) is 6.92 Å². The molecule has 1 aromatic rings. The molecule has 4 heteroatoms. The third kappa shape index (κ3) is 3.14. The van der Waals surface area contributed by atoms with E-state index in [4.69, 9.17) is 10.00 Å². The van der Waals surface area contributed by atoms with Gasteiger partial charge in [0.2, 0.25) is 0 Å². The highest BCUT2D eigenvalue weighted by molar-refractivity contribution is 5.87. The molecule has 16 heavy (non-hydrogen) atoms. The Kier molecular flexibility index (Phi) is 4.10. The summed E-state index contributed by atoms with van der Waals surface area (Å²) in [5.74, 6) is -0.509. The molecule has 0 heterocycles. The van der Waals surface area contributed by atoms with Crippen molar-refractivity contribution >= 4 is 12.0 Å². The molecule has 0 saturated heterocycles. The van der Waals surface area contributed by atoms with Gasteiger partial charge in [0.05, 0.1) is 12.2 Å². The second-order valence-corrected chi connectivity index (χ2v) is 2.97. The van der Waals surface area contributed by atoms with Gasteiger partial charge in [0.1, 0.15) is 11.8 Å². The van der Waals surface area contributed by atoms with Crippen LogP contribution in [0.25, 0.3) is 6.08 Å². The largest absolute Gasteiger partial charge is 0.507 e. The number of benzene rings is 1. The molecular weight excluding hydrogens is 206 g/mol. The summed E-state index contributed by atoms with van der Waals surface area (Å²) in [6.45, 7) is 2.04. The van der Waals surface area contributed by atoms with Crippen molar-refractivity contribution in [1.29, 1.82) is 5.26 Å². The summed E-state index contributed by atoms with van der Waals surface area (Å²) in [4.78, 5) is 11.0. The second kappa shape index (κ2) is 5.56. The Labute approximate surface area is 93.4 Å².